The van der Waals surface area contributed by atoms with Crippen molar-refractivity contribution in [2.45, 2.75) is 32.3 Å². The minimum Gasteiger partial charge on any atom is -0.456 e. The number of carbonyl (C=O) groups is 1. The molecule has 0 aliphatic rings. The van der Waals surface area contributed by atoms with E-state index in [-0.39, 0.29) is 12.1 Å². The molecule has 0 radical (unpaired) electrons. The van der Waals surface area contributed by atoms with Crippen LogP contribution in [0.3, 0.4) is 0 Å². The lowest BCUT2D eigenvalue weighted by atomic mass is 10.1. The number of halogens is 1. The monoisotopic (exact) mass is 362 g/mol. The van der Waals surface area contributed by atoms with Crippen molar-refractivity contribution >= 4 is 28.6 Å². The second-order valence-corrected chi connectivity index (χ2v) is 5.38. The first-order valence-corrected chi connectivity index (χ1v) is 7.20. The second-order valence-electron chi connectivity index (χ2n) is 4.13. The van der Waals surface area contributed by atoms with E-state index in [2.05, 4.69) is 29.5 Å². The van der Waals surface area contributed by atoms with Crippen LogP contribution < -0.4 is 0 Å². The summed E-state index contributed by atoms with van der Waals surface area (Å²) in [6.07, 6.45) is 2.82. The molecule has 100 valence electrons. The van der Waals surface area contributed by atoms with Crippen LogP contribution in [0, 0.1) is 3.57 Å². The fourth-order valence-electron chi connectivity index (χ4n) is 1.60. The summed E-state index contributed by atoms with van der Waals surface area (Å²) in [5.41, 5.74) is 0.591. The van der Waals surface area contributed by atoms with Gasteiger partial charge < -0.3 is 9.47 Å². The van der Waals surface area contributed by atoms with E-state index < -0.39 is 0 Å². The van der Waals surface area contributed by atoms with Crippen molar-refractivity contribution in [1.82, 2.24) is 0 Å². The standard InChI is InChI=1S/C14H19IO3/c1-3-4-5-13(10-17-2)18-14(16)11-6-8-12(15)9-7-11/h6-9,13H,3-5,10H2,1-2H3. The number of unbranched alkanes of at least 4 members (excludes halogenated alkanes) is 1. The van der Waals surface area contributed by atoms with Gasteiger partial charge in [-0.1, -0.05) is 13.3 Å². The number of rotatable bonds is 7. The summed E-state index contributed by atoms with van der Waals surface area (Å²) >= 11 is 2.20. The Bertz CT molecular complexity index is 362. The first-order chi connectivity index (χ1) is 8.67. The molecule has 0 saturated carbocycles. The predicted octanol–water partition coefficient (Wildman–Crippen LogP) is 3.65. The average Bonchev–Trinajstić information content (AvgIpc) is 2.37. The predicted molar refractivity (Wildman–Crippen MR) is 79.8 cm³/mol. The molecule has 4 heteroatoms. The molecule has 1 aromatic rings. The lowest BCUT2D eigenvalue weighted by Crippen LogP contribution is -2.23. The van der Waals surface area contributed by atoms with Crippen LogP contribution in [0.15, 0.2) is 24.3 Å². The minimum atomic E-state index is -0.274. The highest BCUT2D eigenvalue weighted by atomic mass is 127. The SMILES string of the molecule is CCCCC(COC)OC(=O)c1ccc(I)cc1. The van der Waals surface area contributed by atoms with Crippen LogP contribution in [0.2, 0.25) is 0 Å². The van der Waals surface area contributed by atoms with Gasteiger partial charge in [-0.15, -0.1) is 0 Å². The van der Waals surface area contributed by atoms with Crippen molar-refractivity contribution in [3.63, 3.8) is 0 Å². The van der Waals surface area contributed by atoms with Crippen molar-refractivity contribution in [2.24, 2.45) is 0 Å². The van der Waals surface area contributed by atoms with Crippen LogP contribution >= 0.6 is 22.6 Å². The van der Waals surface area contributed by atoms with E-state index in [1.54, 1.807) is 19.2 Å². The molecule has 0 saturated heterocycles. The Labute approximate surface area is 122 Å². The van der Waals surface area contributed by atoms with Gasteiger partial charge >= 0.3 is 5.97 Å². The van der Waals surface area contributed by atoms with E-state index in [4.69, 9.17) is 9.47 Å². The van der Waals surface area contributed by atoms with E-state index in [1.165, 1.54) is 0 Å². The average molecular weight is 362 g/mol. The molecule has 3 nitrogen and oxygen atoms in total. The smallest absolute Gasteiger partial charge is 0.338 e. The molecular formula is C14H19IO3. The molecule has 0 aromatic heterocycles. The van der Waals surface area contributed by atoms with Crippen molar-refractivity contribution in [1.29, 1.82) is 0 Å². The van der Waals surface area contributed by atoms with Crippen LogP contribution in [0.5, 0.6) is 0 Å². The third kappa shape index (κ3) is 5.35. The maximum absolute atomic E-state index is 11.9. The summed E-state index contributed by atoms with van der Waals surface area (Å²) < 4.78 is 11.6. The Hall–Kier alpha value is -0.620. The van der Waals surface area contributed by atoms with Crippen LogP contribution in [-0.4, -0.2) is 25.8 Å². The molecule has 0 heterocycles. The van der Waals surface area contributed by atoms with E-state index >= 15 is 0 Å². The van der Waals surface area contributed by atoms with E-state index in [0.29, 0.717) is 12.2 Å². The van der Waals surface area contributed by atoms with Crippen molar-refractivity contribution in [2.75, 3.05) is 13.7 Å². The molecule has 0 spiro atoms. The molecule has 0 aliphatic carbocycles. The molecule has 0 aliphatic heterocycles. The fourth-order valence-corrected chi connectivity index (χ4v) is 1.96. The Kier molecular flexibility index (Phi) is 7.27. The lowest BCUT2D eigenvalue weighted by molar-refractivity contribution is 0.00251. The molecule has 0 bridgehead atoms. The zero-order chi connectivity index (χ0) is 13.4. The molecule has 0 fully saturated rings. The number of methoxy groups -OCH3 is 1. The summed E-state index contributed by atoms with van der Waals surface area (Å²) in [5.74, 6) is -0.274. The first-order valence-electron chi connectivity index (χ1n) is 6.12. The second kappa shape index (κ2) is 8.48. The van der Waals surface area contributed by atoms with Gasteiger partial charge in [0.2, 0.25) is 0 Å². The van der Waals surface area contributed by atoms with E-state index in [1.807, 2.05) is 12.1 Å². The van der Waals surface area contributed by atoms with E-state index in [9.17, 15) is 4.79 Å². The van der Waals surface area contributed by atoms with Gasteiger partial charge in [-0.25, -0.2) is 4.79 Å². The molecule has 1 unspecified atom stereocenters. The number of benzene rings is 1. The summed E-state index contributed by atoms with van der Waals surface area (Å²) in [6.45, 7) is 2.57. The normalized spacial score (nSPS) is 12.2. The van der Waals surface area contributed by atoms with Gasteiger partial charge in [-0.3, -0.25) is 0 Å². The van der Waals surface area contributed by atoms with Crippen molar-refractivity contribution < 1.29 is 14.3 Å². The van der Waals surface area contributed by atoms with Crippen molar-refractivity contribution in [3.8, 4) is 0 Å². The largest absolute Gasteiger partial charge is 0.456 e. The highest BCUT2D eigenvalue weighted by Crippen LogP contribution is 2.12. The van der Waals surface area contributed by atoms with Gasteiger partial charge in [0.05, 0.1) is 12.2 Å². The molecule has 1 rings (SSSR count). The highest BCUT2D eigenvalue weighted by molar-refractivity contribution is 14.1. The van der Waals surface area contributed by atoms with Gasteiger partial charge in [0.1, 0.15) is 6.10 Å². The minimum absolute atomic E-state index is 0.151. The lowest BCUT2D eigenvalue weighted by Gasteiger charge is -2.16. The van der Waals surface area contributed by atoms with Gasteiger partial charge in [-0.05, 0) is 59.7 Å². The number of esters is 1. The zero-order valence-corrected chi connectivity index (χ0v) is 13.0. The third-order valence-electron chi connectivity index (χ3n) is 2.59. The first kappa shape index (κ1) is 15.4. The Morgan fingerprint density at radius 2 is 2.00 bits per heavy atom. The zero-order valence-electron chi connectivity index (χ0n) is 10.8. The number of hydrogen-bond acceptors (Lipinski definition) is 3. The summed E-state index contributed by atoms with van der Waals surface area (Å²) in [5, 5.41) is 0. The Morgan fingerprint density at radius 3 is 2.56 bits per heavy atom. The quantitative estimate of drug-likeness (QED) is 0.549. The van der Waals surface area contributed by atoms with Crippen molar-refractivity contribution in [3.05, 3.63) is 33.4 Å². The number of carbonyl (C=O) groups excluding carboxylic acids is 1. The Morgan fingerprint density at radius 1 is 1.33 bits per heavy atom. The van der Waals surface area contributed by atoms with Crippen LogP contribution in [-0.2, 0) is 9.47 Å². The third-order valence-corrected chi connectivity index (χ3v) is 3.31. The molecular weight excluding hydrogens is 343 g/mol. The van der Waals surface area contributed by atoms with Crippen LogP contribution in [0.25, 0.3) is 0 Å². The summed E-state index contributed by atoms with van der Waals surface area (Å²) in [7, 11) is 1.62. The van der Waals surface area contributed by atoms with E-state index in [0.717, 1.165) is 22.8 Å². The topological polar surface area (TPSA) is 35.5 Å². The van der Waals surface area contributed by atoms with Crippen LogP contribution in [0.1, 0.15) is 36.5 Å². The number of ether oxygens (including phenoxy) is 2. The molecule has 0 N–H and O–H groups in total. The van der Waals surface area contributed by atoms with Gasteiger partial charge in [0.15, 0.2) is 0 Å². The number of hydrogen-bond donors (Lipinski definition) is 0. The molecule has 0 amide bonds. The van der Waals surface area contributed by atoms with Crippen LogP contribution in [0.4, 0.5) is 0 Å². The highest BCUT2D eigenvalue weighted by Gasteiger charge is 2.15. The maximum atomic E-state index is 11.9. The van der Waals surface area contributed by atoms with Gasteiger partial charge in [0.25, 0.3) is 0 Å². The molecule has 1 atom stereocenters. The fraction of sp³-hybridized carbons (Fsp3) is 0.500. The summed E-state index contributed by atoms with van der Waals surface area (Å²) in [6, 6.07) is 7.37. The maximum Gasteiger partial charge on any atom is 0.338 e. The Balaban J connectivity index is 2.56. The molecule has 18 heavy (non-hydrogen) atoms. The van der Waals surface area contributed by atoms with Gasteiger partial charge in [0, 0.05) is 10.7 Å². The molecule has 1 aromatic carbocycles. The summed E-state index contributed by atoms with van der Waals surface area (Å²) in [4.78, 5) is 11.9. The van der Waals surface area contributed by atoms with Gasteiger partial charge in [-0.2, -0.15) is 0 Å².